The van der Waals surface area contributed by atoms with Crippen LogP contribution in [0.3, 0.4) is 0 Å². The van der Waals surface area contributed by atoms with Crippen molar-refractivity contribution in [1.29, 1.82) is 0 Å². The molecule has 0 spiro atoms. The van der Waals surface area contributed by atoms with Crippen LogP contribution in [0.4, 0.5) is 33.6 Å². The van der Waals surface area contributed by atoms with Gasteiger partial charge in [0.15, 0.2) is 11.6 Å². The summed E-state index contributed by atoms with van der Waals surface area (Å²) in [6, 6.07) is 3.82. The van der Waals surface area contributed by atoms with Crippen molar-refractivity contribution in [2.75, 3.05) is 44.3 Å². The molecule has 2 saturated heterocycles. The van der Waals surface area contributed by atoms with E-state index in [9.17, 15) is 22.4 Å². The average Bonchev–Trinajstić information content (AvgIpc) is 3.54. The number of benzene rings is 1. The minimum atomic E-state index is -4.99. The normalized spacial score (nSPS) is 20.1. The highest BCUT2D eigenvalue weighted by Crippen LogP contribution is 2.47. The molecule has 5 heterocycles. The highest BCUT2D eigenvalue weighted by Gasteiger charge is 2.49. The van der Waals surface area contributed by atoms with Crippen molar-refractivity contribution in [1.82, 2.24) is 30.2 Å². The van der Waals surface area contributed by atoms with Crippen LogP contribution < -0.4 is 31.8 Å². The molecule has 49 heavy (non-hydrogen) atoms. The fourth-order valence-electron chi connectivity index (χ4n) is 6.89. The molecule has 0 bridgehead atoms. The Hall–Kier alpha value is -4.28. The largest absolute Gasteiger partial charge is 0.490 e. The van der Waals surface area contributed by atoms with E-state index in [1.807, 2.05) is 11.8 Å². The molecule has 6 N–H and O–H groups in total. The number of alkyl halides is 4. The predicted octanol–water partition coefficient (Wildman–Crippen LogP) is 5.35. The Morgan fingerprint density at radius 3 is 2.78 bits per heavy atom. The zero-order valence-electron chi connectivity index (χ0n) is 26.6. The molecule has 4 aromatic rings. The van der Waals surface area contributed by atoms with Gasteiger partial charge < -0.3 is 26.3 Å². The first-order chi connectivity index (χ1) is 23.2. The van der Waals surface area contributed by atoms with Crippen molar-refractivity contribution in [3.8, 4) is 23.0 Å². The maximum absolute atomic E-state index is 16.6. The smallest absolute Gasteiger partial charge is 0.418 e. The summed E-state index contributed by atoms with van der Waals surface area (Å²) in [7, 11) is 0. The van der Waals surface area contributed by atoms with E-state index < -0.39 is 73.8 Å². The van der Waals surface area contributed by atoms with Crippen LogP contribution in [0, 0.1) is 12.7 Å². The first kappa shape index (κ1) is 34.6. The molecular weight excluding hydrogens is 675 g/mol. The van der Waals surface area contributed by atoms with Gasteiger partial charge >= 0.3 is 6.18 Å². The van der Waals surface area contributed by atoms with Gasteiger partial charge in [-0.3, -0.25) is 14.7 Å². The maximum atomic E-state index is 16.6. The molecule has 2 aliphatic heterocycles. The van der Waals surface area contributed by atoms with Gasteiger partial charge in [0.1, 0.15) is 41.9 Å². The van der Waals surface area contributed by atoms with Crippen molar-refractivity contribution in [2.45, 2.75) is 57.0 Å². The summed E-state index contributed by atoms with van der Waals surface area (Å²) in [4.78, 5) is 30.0. The minimum absolute atomic E-state index is 0.0488. The summed E-state index contributed by atoms with van der Waals surface area (Å²) < 4.78 is 85.8. The summed E-state index contributed by atoms with van der Waals surface area (Å²) in [6.07, 6.45) is -2.79. The van der Waals surface area contributed by atoms with Crippen LogP contribution >= 0.6 is 11.6 Å². The summed E-state index contributed by atoms with van der Waals surface area (Å²) in [5.74, 6) is -1.79. The van der Waals surface area contributed by atoms with Gasteiger partial charge in [0.25, 0.3) is 11.6 Å². The monoisotopic (exact) mass is 708 g/mol. The molecule has 3 atom stereocenters. The molecule has 2 fully saturated rings. The molecule has 6 rings (SSSR count). The lowest BCUT2D eigenvalue weighted by molar-refractivity contribution is -0.137. The first-order valence-corrected chi connectivity index (χ1v) is 16.0. The minimum Gasteiger partial charge on any atom is -0.490 e. The van der Waals surface area contributed by atoms with Gasteiger partial charge in [-0.05, 0) is 50.9 Å². The fourth-order valence-corrected chi connectivity index (χ4v) is 7.22. The van der Waals surface area contributed by atoms with Crippen LogP contribution in [0.2, 0.25) is 5.02 Å². The standard InChI is InChI=1S/C32H34ClF5N8O3/c1-15-11-19(39)43-25(22(15)32(36,37)38)20-23(33)27(48-10-8-41-16(2)18-5-3-7-42-28(18)40)21-26(24(20)35)44-30(45-29(21)47)49-14-31-6-4-9-46(31)13-17(34)12-31/h3,5,7,11,16-17,41H,4,6,8-10,12-14H2,1-2H3,(H2,39,43)(H2,40,42)(H,44,45,47)/t16-,17-,31+/m1/s1. The molecular formula is C32H34ClF5N8O3. The van der Waals surface area contributed by atoms with Gasteiger partial charge in [-0.25, -0.2) is 18.7 Å². The fraction of sp³-hybridized carbons (Fsp3) is 0.438. The summed E-state index contributed by atoms with van der Waals surface area (Å²) in [6.45, 7) is 3.84. The molecule has 2 aliphatic rings. The number of aromatic amines is 1. The van der Waals surface area contributed by atoms with E-state index in [0.29, 0.717) is 24.3 Å². The number of hydrogen-bond donors (Lipinski definition) is 4. The molecule has 17 heteroatoms. The van der Waals surface area contributed by atoms with Crippen LogP contribution in [-0.4, -0.2) is 69.4 Å². The van der Waals surface area contributed by atoms with E-state index >= 15 is 4.39 Å². The van der Waals surface area contributed by atoms with Crippen LogP contribution in [0.25, 0.3) is 22.2 Å². The van der Waals surface area contributed by atoms with E-state index in [1.54, 1.807) is 18.3 Å². The molecule has 0 aliphatic carbocycles. The van der Waals surface area contributed by atoms with Crippen molar-refractivity contribution in [2.24, 2.45) is 0 Å². The molecule has 0 saturated carbocycles. The van der Waals surface area contributed by atoms with Crippen LogP contribution in [0.15, 0.2) is 29.2 Å². The van der Waals surface area contributed by atoms with E-state index in [4.69, 9.17) is 32.5 Å². The zero-order chi connectivity index (χ0) is 35.2. The van der Waals surface area contributed by atoms with E-state index in [0.717, 1.165) is 19.4 Å². The third-order valence-corrected chi connectivity index (χ3v) is 9.46. The quantitative estimate of drug-likeness (QED) is 0.125. The molecule has 0 unspecified atom stereocenters. The van der Waals surface area contributed by atoms with Crippen LogP contribution in [0.5, 0.6) is 11.8 Å². The summed E-state index contributed by atoms with van der Waals surface area (Å²) in [5.41, 5.74) is 6.98. The summed E-state index contributed by atoms with van der Waals surface area (Å²) in [5, 5.41) is 2.08. The number of halogens is 6. The van der Waals surface area contributed by atoms with Gasteiger partial charge in [0.05, 0.1) is 27.4 Å². The van der Waals surface area contributed by atoms with Crippen molar-refractivity contribution in [3.05, 3.63) is 62.3 Å². The third-order valence-electron chi connectivity index (χ3n) is 9.10. The van der Waals surface area contributed by atoms with E-state index in [1.165, 1.54) is 0 Å². The Bertz CT molecular complexity index is 1960. The number of nitrogens with zero attached hydrogens (tertiary/aromatic N) is 4. The SMILES string of the molecule is Cc1cc(N)nc(-c2c(Cl)c(OCCN[C@H](C)c3cccnc3N)c3c(=O)[nH]c(OC[C@@]45CCCN4C[C@H](F)C5)nc3c2F)c1C(F)(F)F. The molecule has 0 amide bonds. The van der Waals surface area contributed by atoms with Crippen LogP contribution in [0.1, 0.15) is 48.9 Å². The second kappa shape index (κ2) is 13.2. The lowest BCUT2D eigenvalue weighted by Gasteiger charge is -2.30. The van der Waals surface area contributed by atoms with Crippen molar-refractivity contribution >= 4 is 34.1 Å². The number of ether oxygens (including phenoxy) is 2. The molecule has 1 aromatic carbocycles. The lowest BCUT2D eigenvalue weighted by atomic mass is 9.95. The number of nitrogen functional groups attached to an aromatic ring is 2. The number of nitrogens with one attached hydrogen (secondary N) is 2. The number of anilines is 2. The maximum Gasteiger partial charge on any atom is 0.418 e. The van der Waals surface area contributed by atoms with Gasteiger partial charge in [0, 0.05) is 37.3 Å². The van der Waals surface area contributed by atoms with Gasteiger partial charge in [-0.15, -0.1) is 0 Å². The third kappa shape index (κ3) is 6.56. The lowest BCUT2D eigenvalue weighted by Crippen LogP contribution is -2.43. The number of H-pyrrole nitrogens is 1. The number of aromatic nitrogens is 4. The average molecular weight is 709 g/mol. The van der Waals surface area contributed by atoms with E-state index in [-0.39, 0.29) is 50.1 Å². The van der Waals surface area contributed by atoms with Gasteiger partial charge in [-0.1, -0.05) is 17.7 Å². The van der Waals surface area contributed by atoms with Crippen molar-refractivity contribution in [3.63, 3.8) is 0 Å². The van der Waals surface area contributed by atoms with Gasteiger partial charge in [-0.2, -0.15) is 18.2 Å². The number of aryl methyl sites for hydroxylation is 1. The number of hydrogen-bond acceptors (Lipinski definition) is 10. The molecule has 0 radical (unpaired) electrons. The number of fused-ring (bicyclic) bond motifs is 2. The first-order valence-electron chi connectivity index (χ1n) is 15.6. The number of pyridine rings is 2. The Labute approximate surface area is 282 Å². The topological polar surface area (TPSA) is 157 Å². The Balaban J connectivity index is 1.42. The Morgan fingerprint density at radius 2 is 2.04 bits per heavy atom. The van der Waals surface area contributed by atoms with Crippen LogP contribution in [-0.2, 0) is 6.18 Å². The molecule has 262 valence electrons. The second-order valence-electron chi connectivity index (χ2n) is 12.4. The predicted molar refractivity (Wildman–Crippen MR) is 174 cm³/mol. The molecule has 3 aromatic heterocycles. The Morgan fingerprint density at radius 1 is 1.27 bits per heavy atom. The highest BCUT2D eigenvalue weighted by atomic mass is 35.5. The van der Waals surface area contributed by atoms with Gasteiger partial charge in [0.2, 0.25) is 0 Å². The Kier molecular flexibility index (Phi) is 9.32. The zero-order valence-corrected chi connectivity index (χ0v) is 27.3. The number of rotatable bonds is 10. The summed E-state index contributed by atoms with van der Waals surface area (Å²) >= 11 is 6.63. The molecule has 11 nitrogen and oxygen atoms in total. The van der Waals surface area contributed by atoms with Crippen molar-refractivity contribution < 1.29 is 31.4 Å². The second-order valence-corrected chi connectivity index (χ2v) is 12.8. The van der Waals surface area contributed by atoms with E-state index in [2.05, 4.69) is 25.3 Å². The highest BCUT2D eigenvalue weighted by molar-refractivity contribution is 6.36. The number of nitrogens with two attached hydrogens (primary N) is 2.